The Hall–Kier alpha value is -3.26. The van der Waals surface area contributed by atoms with Gasteiger partial charge in [0.2, 0.25) is 10.0 Å². The molecule has 236 valence electrons. The number of pyridine rings is 2. The van der Waals surface area contributed by atoms with Gasteiger partial charge in [0, 0.05) is 30.9 Å². The summed E-state index contributed by atoms with van der Waals surface area (Å²) in [4.78, 5) is 17.6. The summed E-state index contributed by atoms with van der Waals surface area (Å²) in [6.07, 6.45) is 6.84. The molecule has 15 heteroatoms. The summed E-state index contributed by atoms with van der Waals surface area (Å²) in [6.45, 7) is -2.71. The number of sulfonamides is 1. The van der Waals surface area contributed by atoms with Crippen molar-refractivity contribution in [3.63, 3.8) is 0 Å². The quantitative estimate of drug-likeness (QED) is 0.141. The van der Waals surface area contributed by atoms with Crippen molar-refractivity contribution in [1.82, 2.24) is 9.29 Å². The van der Waals surface area contributed by atoms with E-state index < -0.39 is 34.7 Å². The Morgan fingerprint density at radius 3 is 2.52 bits per heavy atom. The van der Waals surface area contributed by atoms with Crippen LogP contribution in [0.25, 0.3) is 0 Å². The fraction of sp³-hybridized carbons (Fsp3) is 0.414. The molecule has 44 heavy (non-hydrogen) atoms. The zero-order valence-corrected chi connectivity index (χ0v) is 25.6. The summed E-state index contributed by atoms with van der Waals surface area (Å²) in [5.74, 6) is -0.695. The van der Waals surface area contributed by atoms with Gasteiger partial charge in [-0.25, -0.2) is 8.42 Å². The molecular weight excluding hydrogens is 643 g/mol. The van der Waals surface area contributed by atoms with Crippen molar-refractivity contribution in [3.8, 4) is 11.5 Å². The third-order valence-electron chi connectivity index (χ3n) is 7.40. The maximum Gasteiger partial charge on any atom is 0.387 e. The second-order valence-electron chi connectivity index (χ2n) is 10.6. The van der Waals surface area contributed by atoms with Crippen molar-refractivity contribution in [2.75, 3.05) is 13.2 Å². The summed E-state index contributed by atoms with van der Waals surface area (Å²) >= 11 is 12.7. The summed E-state index contributed by atoms with van der Waals surface area (Å²) in [5, 5.41) is 11.9. The fourth-order valence-electron chi connectivity index (χ4n) is 4.94. The van der Waals surface area contributed by atoms with Crippen molar-refractivity contribution in [2.24, 2.45) is 5.92 Å². The van der Waals surface area contributed by atoms with Crippen molar-refractivity contribution in [1.29, 1.82) is 0 Å². The van der Waals surface area contributed by atoms with Crippen LogP contribution < -0.4 is 14.2 Å². The van der Waals surface area contributed by atoms with Crippen LogP contribution in [0, 0.1) is 11.1 Å². The largest absolute Gasteiger partial charge is 0.619 e. The Morgan fingerprint density at radius 1 is 1.11 bits per heavy atom. The Balaban J connectivity index is 1.49. The SMILES string of the molecule is O=C(O[C@@H](Cc1c(Cl)c[n+]([O-])cc1Cl)c1ccc(OC(F)F)c(OCC2CC2)c1)[C@@H]1CCCCN1S(=O)(=O)c1cccnc1. The van der Waals surface area contributed by atoms with E-state index in [4.69, 9.17) is 32.7 Å². The van der Waals surface area contributed by atoms with E-state index in [-0.39, 0.29) is 58.0 Å². The number of hydrogen-bond donors (Lipinski definition) is 0. The van der Waals surface area contributed by atoms with Crippen LogP contribution in [-0.2, 0) is 26.0 Å². The Labute approximate surface area is 263 Å². The number of nitrogens with zero attached hydrogens (tertiary/aromatic N) is 3. The number of rotatable bonds is 12. The summed E-state index contributed by atoms with van der Waals surface area (Å²) in [5.41, 5.74) is 0.615. The number of esters is 1. The lowest BCUT2D eigenvalue weighted by Gasteiger charge is -2.34. The smallest absolute Gasteiger partial charge is 0.387 e. The van der Waals surface area contributed by atoms with Gasteiger partial charge in [-0.15, -0.1) is 0 Å². The van der Waals surface area contributed by atoms with E-state index in [1.54, 1.807) is 0 Å². The Morgan fingerprint density at radius 2 is 1.86 bits per heavy atom. The third-order valence-corrected chi connectivity index (χ3v) is 9.94. The van der Waals surface area contributed by atoms with Gasteiger partial charge in [-0.05, 0) is 67.9 Å². The number of halogens is 4. The first-order chi connectivity index (χ1) is 21.0. The second-order valence-corrected chi connectivity index (χ2v) is 13.3. The van der Waals surface area contributed by atoms with Crippen molar-refractivity contribution in [2.45, 2.75) is 62.2 Å². The van der Waals surface area contributed by atoms with Crippen LogP contribution in [0.3, 0.4) is 0 Å². The maximum absolute atomic E-state index is 13.8. The van der Waals surface area contributed by atoms with Gasteiger partial charge in [-0.3, -0.25) is 9.78 Å². The number of hydrogen-bond acceptors (Lipinski definition) is 8. The molecule has 3 aromatic rings. The van der Waals surface area contributed by atoms with Crippen LogP contribution in [0.15, 0.2) is 60.0 Å². The predicted molar refractivity (Wildman–Crippen MR) is 155 cm³/mol. The minimum atomic E-state index is -4.08. The van der Waals surface area contributed by atoms with E-state index in [0.29, 0.717) is 29.1 Å². The predicted octanol–water partition coefficient (Wildman–Crippen LogP) is 5.48. The van der Waals surface area contributed by atoms with Gasteiger partial charge in [-0.2, -0.15) is 17.8 Å². The van der Waals surface area contributed by atoms with Gasteiger partial charge in [0.05, 0.1) is 6.61 Å². The lowest BCUT2D eigenvalue weighted by Crippen LogP contribution is -2.48. The zero-order valence-electron chi connectivity index (χ0n) is 23.3. The third kappa shape index (κ3) is 7.68. The Kier molecular flexibility index (Phi) is 10.1. The van der Waals surface area contributed by atoms with Crippen LogP contribution in [0.1, 0.15) is 49.3 Å². The molecule has 0 bridgehead atoms. The average molecular weight is 673 g/mol. The molecule has 3 heterocycles. The van der Waals surface area contributed by atoms with E-state index in [9.17, 15) is 27.2 Å². The first-order valence-corrected chi connectivity index (χ1v) is 16.1. The monoisotopic (exact) mass is 671 g/mol. The molecule has 10 nitrogen and oxygen atoms in total. The van der Waals surface area contributed by atoms with Crippen molar-refractivity contribution < 1.29 is 40.9 Å². The molecule has 1 saturated carbocycles. The van der Waals surface area contributed by atoms with E-state index in [2.05, 4.69) is 9.72 Å². The normalized spacial score (nSPS) is 18.2. The number of alkyl halides is 2. The molecule has 1 aliphatic heterocycles. The topological polar surface area (TPSA) is 122 Å². The van der Waals surface area contributed by atoms with Gasteiger partial charge >= 0.3 is 12.6 Å². The van der Waals surface area contributed by atoms with Gasteiger partial charge in [0.25, 0.3) is 0 Å². The van der Waals surface area contributed by atoms with Crippen LogP contribution in [0.5, 0.6) is 11.5 Å². The van der Waals surface area contributed by atoms with Crippen LogP contribution in [0.2, 0.25) is 10.0 Å². The molecule has 2 aromatic heterocycles. The molecule has 0 unspecified atom stereocenters. The van der Waals surface area contributed by atoms with Crippen LogP contribution in [-0.4, -0.2) is 49.5 Å². The highest BCUT2D eigenvalue weighted by atomic mass is 35.5. The first kappa shape index (κ1) is 32.1. The summed E-state index contributed by atoms with van der Waals surface area (Å²) in [7, 11) is -4.08. The highest BCUT2D eigenvalue weighted by Gasteiger charge is 2.40. The summed E-state index contributed by atoms with van der Waals surface area (Å²) in [6, 6.07) is 5.89. The van der Waals surface area contributed by atoms with E-state index in [1.165, 1.54) is 42.7 Å². The molecule has 0 spiro atoms. The summed E-state index contributed by atoms with van der Waals surface area (Å²) < 4.78 is 71.3. The first-order valence-electron chi connectivity index (χ1n) is 13.9. The molecule has 2 aliphatic rings. The lowest BCUT2D eigenvalue weighted by atomic mass is 10.0. The molecule has 2 fully saturated rings. The molecule has 1 aromatic carbocycles. The number of piperidine rings is 1. The number of ether oxygens (including phenoxy) is 3. The van der Waals surface area contributed by atoms with Gasteiger partial charge in [-0.1, -0.05) is 29.3 Å². The van der Waals surface area contributed by atoms with Crippen LogP contribution >= 0.6 is 23.2 Å². The molecule has 0 radical (unpaired) electrons. The number of benzene rings is 1. The molecule has 0 amide bonds. The molecule has 0 N–H and O–H groups in total. The Bertz CT molecular complexity index is 1570. The van der Waals surface area contributed by atoms with Crippen LogP contribution in [0.4, 0.5) is 8.78 Å². The molecule has 5 rings (SSSR count). The van der Waals surface area contributed by atoms with E-state index >= 15 is 0 Å². The van der Waals surface area contributed by atoms with Gasteiger partial charge in [0.1, 0.15) is 27.1 Å². The van der Waals surface area contributed by atoms with Gasteiger partial charge < -0.3 is 19.4 Å². The highest BCUT2D eigenvalue weighted by Crippen LogP contribution is 2.38. The average Bonchev–Trinajstić information content (AvgIpc) is 3.82. The molecule has 1 aliphatic carbocycles. The van der Waals surface area contributed by atoms with E-state index in [0.717, 1.165) is 29.5 Å². The number of aromatic nitrogens is 2. The lowest BCUT2D eigenvalue weighted by molar-refractivity contribution is -0.605. The number of carbonyl (C=O) groups is 1. The highest BCUT2D eigenvalue weighted by molar-refractivity contribution is 7.89. The minimum absolute atomic E-state index is 0.00913. The molecular formula is C29H29Cl2F2N3O7S. The number of carbonyl (C=O) groups excluding carboxylic acids is 1. The maximum atomic E-state index is 13.8. The standard InChI is InChI=1S/C29H29Cl2F2N3O7S/c30-22-15-35(38)16-23(31)21(22)13-26(19-8-9-25(43-29(32)33)27(12-19)41-17-18-6-7-18)42-28(37)24-5-1-2-11-36(24)44(39,40)20-4-3-10-34-14-20/h3-4,8-10,12,14-16,18,24,26,29H,1-2,5-7,11,13,17H2/t24-,26-/m0/s1. The second kappa shape index (κ2) is 13.8. The van der Waals surface area contributed by atoms with Gasteiger partial charge in [0.15, 0.2) is 23.9 Å². The molecule has 1 saturated heterocycles. The fourth-order valence-corrected chi connectivity index (χ4v) is 7.15. The van der Waals surface area contributed by atoms with Crippen molar-refractivity contribution in [3.05, 3.63) is 81.5 Å². The zero-order chi connectivity index (χ0) is 31.4. The molecule has 2 atom stereocenters. The minimum Gasteiger partial charge on any atom is -0.619 e. The van der Waals surface area contributed by atoms with Crippen molar-refractivity contribution >= 4 is 39.2 Å². The van der Waals surface area contributed by atoms with E-state index in [1.807, 2.05) is 0 Å².